The van der Waals surface area contributed by atoms with Gasteiger partial charge < -0.3 is 20.1 Å². The van der Waals surface area contributed by atoms with Crippen LogP contribution in [0.2, 0.25) is 0 Å². The van der Waals surface area contributed by atoms with Crippen molar-refractivity contribution in [3.8, 4) is 5.75 Å². The summed E-state index contributed by atoms with van der Waals surface area (Å²) in [6.07, 6.45) is 2.02. The van der Waals surface area contributed by atoms with Crippen molar-refractivity contribution < 1.29 is 34.4 Å². The molecule has 0 fully saturated rings. The third-order valence-electron chi connectivity index (χ3n) is 3.08. The summed E-state index contributed by atoms with van der Waals surface area (Å²) in [5.41, 5.74) is -1.01. The van der Waals surface area contributed by atoms with Gasteiger partial charge in [0.2, 0.25) is 0 Å². The minimum atomic E-state index is -1.47. The van der Waals surface area contributed by atoms with Crippen molar-refractivity contribution in [1.29, 1.82) is 0 Å². The highest BCUT2D eigenvalue weighted by molar-refractivity contribution is 6.09. The molecule has 0 aliphatic heterocycles. The first-order valence-corrected chi connectivity index (χ1v) is 7.33. The molecule has 2 rings (SSSR count). The molecule has 25 heavy (non-hydrogen) atoms. The SMILES string of the molecule is C=CC(=O)OCCC.O=C(O)c1cc2ccccc2c(O)c1C(=O)O. The molecule has 0 amide bonds. The number of carboxylic acid groups (broad SMARTS) is 2. The molecule has 0 aliphatic carbocycles. The maximum atomic E-state index is 11.0. The number of rotatable bonds is 5. The summed E-state index contributed by atoms with van der Waals surface area (Å²) in [6, 6.07) is 7.68. The van der Waals surface area contributed by atoms with Gasteiger partial charge in [0.1, 0.15) is 11.3 Å². The summed E-state index contributed by atoms with van der Waals surface area (Å²) in [6.45, 7) is 5.67. The van der Waals surface area contributed by atoms with Gasteiger partial charge >= 0.3 is 17.9 Å². The van der Waals surface area contributed by atoms with E-state index in [-0.39, 0.29) is 5.97 Å². The van der Waals surface area contributed by atoms with Crippen molar-refractivity contribution in [1.82, 2.24) is 0 Å². The Balaban J connectivity index is 0.000000333. The summed E-state index contributed by atoms with van der Waals surface area (Å²) < 4.78 is 4.58. The number of aromatic carboxylic acids is 2. The molecular formula is C18H18O7. The van der Waals surface area contributed by atoms with Crippen LogP contribution in [0.5, 0.6) is 5.75 Å². The standard InChI is InChI=1S/C12H8O5.C6H10O2/c13-10-7-4-2-1-3-6(7)5-8(11(14)15)9(10)12(16)17;1-3-5-8-6(7)4-2/h1-5,13H,(H,14,15)(H,16,17);4H,2-3,5H2,1H3. The van der Waals surface area contributed by atoms with Crippen LogP contribution < -0.4 is 0 Å². The Kier molecular flexibility index (Phi) is 7.15. The predicted molar refractivity (Wildman–Crippen MR) is 91.0 cm³/mol. The third-order valence-corrected chi connectivity index (χ3v) is 3.08. The van der Waals surface area contributed by atoms with E-state index in [4.69, 9.17) is 10.2 Å². The Hall–Kier alpha value is -3.35. The van der Waals surface area contributed by atoms with Gasteiger partial charge in [-0.1, -0.05) is 37.8 Å². The van der Waals surface area contributed by atoms with E-state index in [2.05, 4.69) is 11.3 Å². The fraction of sp³-hybridized carbons (Fsp3) is 0.167. The third kappa shape index (κ3) is 5.07. The lowest BCUT2D eigenvalue weighted by atomic mass is 9.99. The second kappa shape index (κ2) is 9.07. The number of ether oxygens (including phenoxy) is 1. The molecule has 132 valence electrons. The fourth-order valence-electron chi connectivity index (χ4n) is 1.98. The molecule has 7 nitrogen and oxygen atoms in total. The zero-order chi connectivity index (χ0) is 19.0. The molecule has 0 aliphatic rings. The Bertz CT molecular complexity index is 808. The lowest BCUT2D eigenvalue weighted by Gasteiger charge is -2.08. The van der Waals surface area contributed by atoms with Crippen molar-refractivity contribution >= 4 is 28.7 Å². The van der Waals surface area contributed by atoms with E-state index < -0.39 is 28.8 Å². The Labute approximate surface area is 143 Å². The molecule has 0 unspecified atom stereocenters. The first-order chi connectivity index (χ1) is 11.8. The number of fused-ring (bicyclic) bond motifs is 1. The van der Waals surface area contributed by atoms with Gasteiger partial charge in [0.25, 0.3) is 0 Å². The van der Waals surface area contributed by atoms with Crippen LogP contribution in [-0.4, -0.2) is 39.8 Å². The molecule has 0 spiro atoms. The molecule has 0 bridgehead atoms. The summed E-state index contributed by atoms with van der Waals surface area (Å²) in [7, 11) is 0. The Morgan fingerprint density at radius 2 is 1.80 bits per heavy atom. The number of hydrogen-bond donors (Lipinski definition) is 3. The molecule has 3 N–H and O–H groups in total. The summed E-state index contributed by atoms with van der Waals surface area (Å²) in [5.74, 6) is -3.71. The van der Waals surface area contributed by atoms with E-state index in [1.807, 2.05) is 6.92 Å². The lowest BCUT2D eigenvalue weighted by molar-refractivity contribution is -0.137. The fourth-order valence-corrected chi connectivity index (χ4v) is 1.98. The van der Waals surface area contributed by atoms with Crippen LogP contribution in [0.15, 0.2) is 43.0 Å². The Morgan fingerprint density at radius 3 is 2.32 bits per heavy atom. The monoisotopic (exact) mass is 346 g/mol. The minimum Gasteiger partial charge on any atom is -0.506 e. The zero-order valence-electron chi connectivity index (χ0n) is 13.6. The first-order valence-electron chi connectivity index (χ1n) is 7.33. The summed E-state index contributed by atoms with van der Waals surface area (Å²) in [5, 5.41) is 28.5. The van der Waals surface area contributed by atoms with Crippen LogP contribution >= 0.6 is 0 Å². The number of benzene rings is 2. The van der Waals surface area contributed by atoms with Crippen molar-refractivity contribution in [2.45, 2.75) is 13.3 Å². The highest BCUT2D eigenvalue weighted by Gasteiger charge is 2.22. The molecule has 7 heteroatoms. The molecule has 0 radical (unpaired) electrons. The second-order valence-electron chi connectivity index (χ2n) is 4.85. The smallest absolute Gasteiger partial charge is 0.340 e. The maximum absolute atomic E-state index is 11.0. The largest absolute Gasteiger partial charge is 0.506 e. The first kappa shape index (κ1) is 19.7. The molecule has 0 heterocycles. The minimum absolute atomic E-state index is 0.315. The number of carbonyl (C=O) groups is 3. The number of carbonyl (C=O) groups excluding carboxylic acids is 1. The number of esters is 1. The van der Waals surface area contributed by atoms with Crippen molar-refractivity contribution in [3.63, 3.8) is 0 Å². The molecule has 2 aromatic carbocycles. The van der Waals surface area contributed by atoms with Gasteiger partial charge in [0, 0.05) is 11.5 Å². The van der Waals surface area contributed by atoms with E-state index in [0.29, 0.717) is 17.4 Å². The van der Waals surface area contributed by atoms with E-state index in [9.17, 15) is 19.5 Å². The molecule has 2 aromatic rings. The molecular weight excluding hydrogens is 328 g/mol. The lowest BCUT2D eigenvalue weighted by Crippen LogP contribution is -2.08. The summed E-state index contributed by atoms with van der Waals surface area (Å²) in [4.78, 5) is 32.1. The van der Waals surface area contributed by atoms with Gasteiger partial charge in [-0.25, -0.2) is 14.4 Å². The van der Waals surface area contributed by atoms with Gasteiger partial charge in [-0.2, -0.15) is 0 Å². The number of aromatic hydroxyl groups is 1. The van der Waals surface area contributed by atoms with E-state index in [0.717, 1.165) is 12.5 Å². The second-order valence-corrected chi connectivity index (χ2v) is 4.85. The van der Waals surface area contributed by atoms with Crippen LogP contribution in [0.1, 0.15) is 34.1 Å². The highest BCUT2D eigenvalue weighted by atomic mass is 16.5. The number of carboxylic acids is 2. The predicted octanol–water partition coefficient (Wildman–Crippen LogP) is 3.07. The van der Waals surface area contributed by atoms with Crippen molar-refractivity contribution in [2.75, 3.05) is 6.61 Å². The normalized spacial score (nSPS) is 9.64. The average molecular weight is 346 g/mol. The number of phenols is 1. The molecule has 0 saturated heterocycles. The topological polar surface area (TPSA) is 121 Å². The molecule has 0 atom stereocenters. The van der Waals surface area contributed by atoms with Gasteiger partial charge in [-0.3, -0.25) is 0 Å². The van der Waals surface area contributed by atoms with Crippen LogP contribution in [0, 0.1) is 0 Å². The van der Waals surface area contributed by atoms with E-state index >= 15 is 0 Å². The van der Waals surface area contributed by atoms with Crippen molar-refractivity contribution in [3.05, 3.63) is 54.1 Å². The van der Waals surface area contributed by atoms with Gasteiger partial charge in [0.05, 0.1) is 12.2 Å². The van der Waals surface area contributed by atoms with Crippen LogP contribution in [0.4, 0.5) is 0 Å². The molecule has 0 saturated carbocycles. The van der Waals surface area contributed by atoms with Gasteiger partial charge in [-0.05, 0) is 17.9 Å². The average Bonchev–Trinajstić information content (AvgIpc) is 2.59. The van der Waals surface area contributed by atoms with Gasteiger partial charge in [0.15, 0.2) is 0 Å². The van der Waals surface area contributed by atoms with Crippen LogP contribution in [0.3, 0.4) is 0 Å². The quantitative estimate of drug-likeness (QED) is 0.562. The summed E-state index contributed by atoms with van der Waals surface area (Å²) >= 11 is 0. The van der Waals surface area contributed by atoms with Gasteiger partial charge in [-0.15, -0.1) is 0 Å². The maximum Gasteiger partial charge on any atom is 0.340 e. The zero-order valence-corrected chi connectivity index (χ0v) is 13.6. The number of hydrogen-bond acceptors (Lipinski definition) is 5. The highest BCUT2D eigenvalue weighted by Crippen LogP contribution is 2.31. The van der Waals surface area contributed by atoms with E-state index in [1.54, 1.807) is 18.2 Å². The van der Waals surface area contributed by atoms with E-state index in [1.165, 1.54) is 12.1 Å². The Morgan fingerprint density at radius 1 is 1.16 bits per heavy atom. The van der Waals surface area contributed by atoms with Crippen LogP contribution in [0.25, 0.3) is 10.8 Å². The molecule has 0 aromatic heterocycles. The van der Waals surface area contributed by atoms with Crippen molar-refractivity contribution in [2.24, 2.45) is 0 Å². The van der Waals surface area contributed by atoms with Crippen LogP contribution in [-0.2, 0) is 9.53 Å².